The van der Waals surface area contributed by atoms with Crippen LogP contribution in [0.5, 0.6) is 0 Å². The fraction of sp³-hybridized carbons (Fsp3) is 0. The van der Waals surface area contributed by atoms with Crippen molar-refractivity contribution in [1.29, 1.82) is 0 Å². The molecule has 0 atom stereocenters. The predicted octanol–water partition coefficient (Wildman–Crippen LogP) is 15.5. The summed E-state index contributed by atoms with van der Waals surface area (Å²) in [4.78, 5) is 2.45. The molecular formula is C54H35NO. The summed E-state index contributed by atoms with van der Waals surface area (Å²) in [6.45, 7) is 0. The third-order valence-corrected chi connectivity index (χ3v) is 11.3. The third-order valence-electron chi connectivity index (χ3n) is 11.3. The maximum atomic E-state index is 6.94. The van der Waals surface area contributed by atoms with Crippen LogP contribution in [0.2, 0.25) is 0 Å². The van der Waals surface area contributed by atoms with Gasteiger partial charge in [0, 0.05) is 21.7 Å². The van der Waals surface area contributed by atoms with Crippen molar-refractivity contribution in [2.75, 3.05) is 4.90 Å². The van der Waals surface area contributed by atoms with Gasteiger partial charge in [-0.05, 0) is 79.7 Å². The Hall–Kier alpha value is -7.42. The highest BCUT2D eigenvalue weighted by Crippen LogP contribution is 2.49. The Morgan fingerprint density at radius 2 is 0.839 bits per heavy atom. The summed E-state index contributed by atoms with van der Waals surface area (Å²) in [6, 6.07) is 76.4. The van der Waals surface area contributed by atoms with E-state index in [1.54, 1.807) is 0 Å². The second-order valence-electron chi connectivity index (χ2n) is 14.4. The van der Waals surface area contributed by atoms with E-state index in [2.05, 4.69) is 217 Å². The molecule has 262 valence electrons. The SMILES string of the molecule is c1ccc(-c2ccc(-c3ccccc3N(c3cccc4ccccc34)c3cccc4oc5c6ccccc6c(-c6cccc7ccccc67)cc5c34)cc2)cc1. The lowest BCUT2D eigenvalue weighted by atomic mass is 9.92. The fourth-order valence-electron chi connectivity index (χ4n) is 8.68. The molecule has 0 spiro atoms. The van der Waals surface area contributed by atoms with Crippen LogP contribution < -0.4 is 4.90 Å². The van der Waals surface area contributed by atoms with Gasteiger partial charge in [0.05, 0.1) is 22.4 Å². The van der Waals surface area contributed by atoms with Gasteiger partial charge in [-0.25, -0.2) is 0 Å². The van der Waals surface area contributed by atoms with Gasteiger partial charge in [0.2, 0.25) is 0 Å². The molecule has 11 aromatic rings. The lowest BCUT2D eigenvalue weighted by Crippen LogP contribution is -2.12. The van der Waals surface area contributed by atoms with E-state index in [1.807, 2.05) is 0 Å². The van der Waals surface area contributed by atoms with Gasteiger partial charge in [-0.2, -0.15) is 0 Å². The highest BCUT2D eigenvalue weighted by molar-refractivity contribution is 6.24. The molecule has 0 bridgehead atoms. The summed E-state index contributed by atoms with van der Waals surface area (Å²) in [5, 5.41) is 9.27. The van der Waals surface area contributed by atoms with Crippen LogP contribution in [0.25, 0.3) is 87.6 Å². The Balaban J connectivity index is 1.21. The zero-order valence-electron chi connectivity index (χ0n) is 30.6. The average Bonchev–Trinajstić information content (AvgIpc) is 3.66. The fourth-order valence-corrected chi connectivity index (χ4v) is 8.68. The largest absolute Gasteiger partial charge is 0.455 e. The van der Waals surface area contributed by atoms with Crippen LogP contribution in [0.4, 0.5) is 17.1 Å². The minimum atomic E-state index is 0.854. The number of anilines is 3. The van der Waals surface area contributed by atoms with E-state index in [4.69, 9.17) is 4.42 Å². The number of hydrogen-bond acceptors (Lipinski definition) is 2. The molecule has 0 radical (unpaired) electrons. The van der Waals surface area contributed by atoms with Crippen molar-refractivity contribution >= 4 is 71.3 Å². The zero-order valence-corrected chi connectivity index (χ0v) is 30.6. The van der Waals surface area contributed by atoms with Gasteiger partial charge >= 0.3 is 0 Å². The number of nitrogens with zero attached hydrogens (tertiary/aromatic N) is 1. The first-order valence-corrected chi connectivity index (χ1v) is 19.2. The molecule has 0 unspecified atom stereocenters. The molecule has 0 saturated carbocycles. The van der Waals surface area contributed by atoms with Crippen molar-refractivity contribution in [2.24, 2.45) is 0 Å². The maximum absolute atomic E-state index is 6.94. The van der Waals surface area contributed by atoms with Gasteiger partial charge in [-0.15, -0.1) is 0 Å². The van der Waals surface area contributed by atoms with Crippen LogP contribution in [0.15, 0.2) is 217 Å². The number of hydrogen-bond donors (Lipinski definition) is 0. The third kappa shape index (κ3) is 5.19. The molecule has 1 aromatic heterocycles. The maximum Gasteiger partial charge on any atom is 0.143 e. The molecule has 10 aromatic carbocycles. The van der Waals surface area contributed by atoms with Crippen LogP contribution in [0, 0.1) is 0 Å². The number of furan rings is 1. The number of rotatable bonds is 6. The molecule has 0 fully saturated rings. The number of fused-ring (bicyclic) bond motifs is 7. The van der Waals surface area contributed by atoms with Gasteiger partial charge in [-0.1, -0.05) is 182 Å². The van der Waals surface area contributed by atoms with Crippen LogP contribution in [-0.4, -0.2) is 0 Å². The Labute approximate surface area is 325 Å². The van der Waals surface area contributed by atoms with E-state index in [9.17, 15) is 0 Å². The Morgan fingerprint density at radius 3 is 1.66 bits per heavy atom. The minimum absolute atomic E-state index is 0.854. The lowest BCUT2D eigenvalue weighted by Gasteiger charge is -2.29. The lowest BCUT2D eigenvalue weighted by molar-refractivity contribution is 0.672. The Morgan fingerprint density at radius 1 is 0.304 bits per heavy atom. The van der Waals surface area contributed by atoms with Crippen molar-refractivity contribution in [3.63, 3.8) is 0 Å². The highest BCUT2D eigenvalue weighted by Gasteiger charge is 2.25. The standard InChI is InChI=1S/C54H35NO/c1-2-15-36(16-3-1)37-31-33-40(34-32-37)43-23-10-11-27-49(43)55(50-28-13-20-39-18-5-7-22-42(39)50)51-29-14-30-52-53(51)48-35-47(45-24-8-9-25-46(45)54(48)56-52)44-26-12-19-38-17-4-6-21-41(38)44/h1-35H. The van der Waals surface area contributed by atoms with E-state index in [1.165, 1.54) is 49.2 Å². The van der Waals surface area contributed by atoms with Crippen LogP contribution >= 0.6 is 0 Å². The zero-order chi connectivity index (χ0) is 37.0. The summed E-state index contributed by atoms with van der Waals surface area (Å²) < 4.78 is 6.94. The molecule has 0 aliphatic heterocycles. The molecule has 2 heteroatoms. The van der Waals surface area contributed by atoms with Gasteiger partial charge in [0.25, 0.3) is 0 Å². The average molecular weight is 714 g/mol. The predicted molar refractivity (Wildman–Crippen MR) is 237 cm³/mol. The quantitative estimate of drug-likeness (QED) is 0.171. The summed E-state index contributed by atoms with van der Waals surface area (Å²) in [5.74, 6) is 0. The molecule has 0 N–H and O–H groups in total. The van der Waals surface area contributed by atoms with E-state index in [0.717, 1.165) is 55.5 Å². The molecule has 56 heavy (non-hydrogen) atoms. The Bertz CT molecular complexity index is 3240. The van der Waals surface area contributed by atoms with E-state index in [0.29, 0.717) is 0 Å². The monoisotopic (exact) mass is 713 g/mol. The van der Waals surface area contributed by atoms with Crippen molar-refractivity contribution in [1.82, 2.24) is 0 Å². The van der Waals surface area contributed by atoms with Gasteiger partial charge in [-0.3, -0.25) is 0 Å². The van der Waals surface area contributed by atoms with E-state index in [-0.39, 0.29) is 0 Å². The topological polar surface area (TPSA) is 16.4 Å². The molecule has 11 rings (SSSR count). The molecule has 0 amide bonds. The first-order chi connectivity index (χ1) is 27.8. The molecular weight excluding hydrogens is 679 g/mol. The van der Waals surface area contributed by atoms with Crippen molar-refractivity contribution in [2.45, 2.75) is 0 Å². The van der Waals surface area contributed by atoms with Gasteiger partial charge < -0.3 is 9.32 Å². The van der Waals surface area contributed by atoms with Crippen LogP contribution in [-0.2, 0) is 0 Å². The van der Waals surface area contributed by atoms with E-state index < -0.39 is 0 Å². The molecule has 1 heterocycles. The number of para-hydroxylation sites is 1. The number of benzene rings is 10. The normalized spacial score (nSPS) is 11.6. The second kappa shape index (κ2) is 13.2. The summed E-state index contributed by atoms with van der Waals surface area (Å²) in [5.41, 5.74) is 12.1. The van der Waals surface area contributed by atoms with Gasteiger partial charge in [0.15, 0.2) is 0 Å². The highest BCUT2D eigenvalue weighted by atomic mass is 16.3. The summed E-state index contributed by atoms with van der Waals surface area (Å²) in [7, 11) is 0. The Kier molecular flexibility index (Phi) is 7.53. The van der Waals surface area contributed by atoms with Crippen LogP contribution in [0.3, 0.4) is 0 Å². The van der Waals surface area contributed by atoms with Crippen molar-refractivity contribution < 1.29 is 4.42 Å². The molecule has 0 aliphatic rings. The first kappa shape index (κ1) is 32.0. The second-order valence-corrected chi connectivity index (χ2v) is 14.4. The van der Waals surface area contributed by atoms with Crippen molar-refractivity contribution in [3.8, 4) is 33.4 Å². The van der Waals surface area contributed by atoms with Crippen LogP contribution in [0.1, 0.15) is 0 Å². The molecule has 0 aliphatic carbocycles. The summed E-state index contributed by atoms with van der Waals surface area (Å²) >= 11 is 0. The van der Waals surface area contributed by atoms with Gasteiger partial charge in [0.1, 0.15) is 11.2 Å². The smallest absolute Gasteiger partial charge is 0.143 e. The summed E-state index contributed by atoms with van der Waals surface area (Å²) in [6.07, 6.45) is 0. The first-order valence-electron chi connectivity index (χ1n) is 19.2. The van der Waals surface area contributed by atoms with Crippen molar-refractivity contribution in [3.05, 3.63) is 212 Å². The van der Waals surface area contributed by atoms with E-state index >= 15 is 0 Å². The molecule has 0 saturated heterocycles. The minimum Gasteiger partial charge on any atom is -0.455 e. The molecule has 2 nitrogen and oxygen atoms in total.